The van der Waals surface area contributed by atoms with E-state index in [9.17, 15) is 9.18 Å². The van der Waals surface area contributed by atoms with Gasteiger partial charge in [-0.1, -0.05) is 42.5 Å². The first-order valence-corrected chi connectivity index (χ1v) is 8.59. The number of carbonyl (C=O) groups excluding carboxylic acids is 1. The van der Waals surface area contributed by atoms with Gasteiger partial charge in [-0.15, -0.1) is 11.3 Å². The van der Waals surface area contributed by atoms with E-state index in [0.29, 0.717) is 13.0 Å². The molecule has 0 atom stereocenters. The first kappa shape index (κ1) is 16.3. The van der Waals surface area contributed by atoms with Crippen LogP contribution in [-0.2, 0) is 17.6 Å². The molecule has 1 amide bonds. The highest BCUT2D eigenvalue weighted by Crippen LogP contribution is 2.21. The SMILES string of the molecule is O=C(Cc1ccc(F)cc1)NCCc1nc(-c2ccccc2)cs1. The molecule has 0 saturated carbocycles. The Labute approximate surface area is 144 Å². The molecule has 5 heteroatoms. The summed E-state index contributed by atoms with van der Waals surface area (Å²) in [6.45, 7) is 0.543. The number of amides is 1. The number of benzene rings is 2. The van der Waals surface area contributed by atoms with Crippen molar-refractivity contribution in [2.45, 2.75) is 12.8 Å². The van der Waals surface area contributed by atoms with Gasteiger partial charge in [0.1, 0.15) is 5.82 Å². The molecule has 1 aromatic heterocycles. The zero-order valence-electron chi connectivity index (χ0n) is 13.0. The molecule has 0 unspecified atom stereocenters. The average Bonchev–Trinajstić information content (AvgIpc) is 3.07. The Balaban J connectivity index is 1.47. The average molecular weight is 340 g/mol. The van der Waals surface area contributed by atoms with Crippen molar-refractivity contribution in [3.63, 3.8) is 0 Å². The molecule has 3 aromatic rings. The number of hydrogen-bond donors (Lipinski definition) is 1. The van der Waals surface area contributed by atoms with Crippen molar-refractivity contribution in [2.24, 2.45) is 0 Å². The summed E-state index contributed by atoms with van der Waals surface area (Å²) in [6.07, 6.45) is 0.958. The molecular formula is C19H17FN2OS. The first-order chi connectivity index (χ1) is 11.7. The van der Waals surface area contributed by atoms with Gasteiger partial charge in [0, 0.05) is 23.9 Å². The summed E-state index contributed by atoms with van der Waals surface area (Å²) in [5.41, 5.74) is 2.86. The summed E-state index contributed by atoms with van der Waals surface area (Å²) in [5, 5.41) is 5.91. The van der Waals surface area contributed by atoms with Gasteiger partial charge in [0.2, 0.25) is 5.91 Å². The highest BCUT2D eigenvalue weighted by Gasteiger charge is 2.06. The normalized spacial score (nSPS) is 10.5. The number of aromatic nitrogens is 1. The monoisotopic (exact) mass is 340 g/mol. The first-order valence-electron chi connectivity index (χ1n) is 7.72. The molecule has 3 nitrogen and oxygen atoms in total. The van der Waals surface area contributed by atoms with Gasteiger partial charge in [-0.25, -0.2) is 9.37 Å². The second kappa shape index (κ2) is 7.84. The number of rotatable bonds is 6. The Hall–Kier alpha value is -2.53. The molecule has 0 bridgehead atoms. The fraction of sp³-hybridized carbons (Fsp3) is 0.158. The number of nitrogens with one attached hydrogen (secondary N) is 1. The molecule has 1 heterocycles. The Bertz CT molecular complexity index is 800. The minimum atomic E-state index is -0.294. The molecule has 24 heavy (non-hydrogen) atoms. The summed E-state index contributed by atoms with van der Waals surface area (Å²) in [6, 6.07) is 16.0. The van der Waals surface area contributed by atoms with E-state index < -0.39 is 0 Å². The topological polar surface area (TPSA) is 42.0 Å². The van der Waals surface area contributed by atoms with Crippen molar-refractivity contribution in [1.82, 2.24) is 10.3 Å². The standard InChI is InChI=1S/C19H17FN2OS/c20-16-8-6-14(7-9-16)12-18(23)21-11-10-19-22-17(13-24-19)15-4-2-1-3-5-15/h1-9,13H,10-12H2,(H,21,23). The van der Waals surface area contributed by atoms with Crippen LogP contribution in [-0.4, -0.2) is 17.4 Å². The lowest BCUT2D eigenvalue weighted by atomic mass is 10.1. The van der Waals surface area contributed by atoms with Crippen molar-refractivity contribution in [2.75, 3.05) is 6.54 Å². The third-order valence-electron chi connectivity index (χ3n) is 3.56. The highest BCUT2D eigenvalue weighted by molar-refractivity contribution is 7.09. The largest absolute Gasteiger partial charge is 0.355 e. The Kier molecular flexibility index (Phi) is 5.33. The predicted octanol–water partition coefficient (Wildman–Crippen LogP) is 3.85. The van der Waals surface area contributed by atoms with Gasteiger partial charge in [0.05, 0.1) is 17.1 Å². The van der Waals surface area contributed by atoms with Crippen LogP contribution in [0.2, 0.25) is 0 Å². The van der Waals surface area contributed by atoms with Gasteiger partial charge in [-0.2, -0.15) is 0 Å². The summed E-state index contributed by atoms with van der Waals surface area (Å²) in [7, 11) is 0. The number of halogens is 1. The second-order valence-corrected chi connectivity index (χ2v) is 6.34. The number of carbonyl (C=O) groups is 1. The van der Waals surface area contributed by atoms with Crippen molar-refractivity contribution >= 4 is 17.2 Å². The van der Waals surface area contributed by atoms with Crippen LogP contribution >= 0.6 is 11.3 Å². The van der Waals surface area contributed by atoms with Crippen LogP contribution in [0.1, 0.15) is 10.6 Å². The van der Waals surface area contributed by atoms with E-state index in [1.165, 1.54) is 12.1 Å². The lowest BCUT2D eigenvalue weighted by molar-refractivity contribution is -0.120. The van der Waals surface area contributed by atoms with Gasteiger partial charge >= 0.3 is 0 Å². The molecule has 0 aliphatic heterocycles. The quantitative estimate of drug-likeness (QED) is 0.740. The van der Waals surface area contributed by atoms with Crippen LogP contribution in [0.25, 0.3) is 11.3 Å². The third-order valence-corrected chi connectivity index (χ3v) is 4.47. The van der Waals surface area contributed by atoms with Crippen LogP contribution in [0, 0.1) is 5.82 Å². The number of nitrogens with zero attached hydrogens (tertiary/aromatic N) is 1. The number of thiazole rings is 1. The van der Waals surface area contributed by atoms with Crippen molar-refractivity contribution < 1.29 is 9.18 Å². The zero-order valence-corrected chi connectivity index (χ0v) is 13.9. The molecule has 0 fully saturated rings. The molecule has 0 aliphatic carbocycles. The molecule has 0 radical (unpaired) electrons. The van der Waals surface area contributed by atoms with Crippen LogP contribution < -0.4 is 5.32 Å². The van der Waals surface area contributed by atoms with E-state index in [2.05, 4.69) is 10.3 Å². The second-order valence-electron chi connectivity index (χ2n) is 5.40. The summed E-state index contributed by atoms with van der Waals surface area (Å²) in [5.74, 6) is -0.362. The van der Waals surface area contributed by atoms with Crippen molar-refractivity contribution in [3.05, 3.63) is 76.4 Å². The minimum Gasteiger partial charge on any atom is -0.355 e. The third kappa shape index (κ3) is 4.49. The lowest BCUT2D eigenvalue weighted by Gasteiger charge is -2.04. The van der Waals surface area contributed by atoms with Gasteiger partial charge in [0.15, 0.2) is 0 Å². The van der Waals surface area contributed by atoms with Gasteiger partial charge in [-0.05, 0) is 17.7 Å². The Morgan fingerprint density at radius 3 is 2.58 bits per heavy atom. The van der Waals surface area contributed by atoms with E-state index in [0.717, 1.165) is 21.8 Å². The molecule has 1 N–H and O–H groups in total. The molecule has 122 valence electrons. The maximum atomic E-state index is 12.8. The van der Waals surface area contributed by atoms with Crippen LogP contribution in [0.5, 0.6) is 0 Å². The molecule has 3 rings (SSSR count). The van der Waals surface area contributed by atoms with Gasteiger partial charge in [0.25, 0.3) is 0 Å². The maximum absolute atomic E-state index is 12.8. The van der Waals surface area contributed by atoms with E-state index in [4.69, 9.17) is 0 Å². The van der Waals surface area contributed by atoms with Crippen LogP contribution in [0.4, 0.5) is 4.39 Å². The summed E-state index contributed by atoms with van der Waals surface area (Å²) in [4.78, 5) is 16.5. The number of hydrogen-bond acceptors (Lipinski definition) is 3. The van der Waals surface area contributed by atoms with Crippen molar-refractivity contribution in [1.29, 1.82) is 0 Å². The lowest BCUT2D eigenvalue weighted by Crippen LogP contribution is -2.27. The predicted molar refractivity (Wildman–Crippen MR) is 94.4 cm³/mol. The smallest absolute Gasteiger partial charge is 0.224 e. The zero-order chi connectivity index (χ0) is 16.8. The van der Waals surface area contributed by atoms with Crippen LogP contribution in [0.15, 0.2) is 60.0 Å². The molecule has 2 aromatic carbocycles. The van der Waals surface area contributed by atoms with Gasteiger partial charge in [-0.3, -0.25) is 4.79 Å². The molecule has 0 aliphatic rings. The van der Waals surface area contributed by atoms with E-state index in [1.54, 1.807) is 23.5 Å². The van der Waals surface area contributed by atoms with Gasteiger partial charge < -0.3 is 5.32 Å². The van der Waals surface area contributed by atoms with E-state index in [1.807, 2.05) is 35.7 Å². The molecule has 0 spiro atoms. The fourth-order valence-corrected chi connectivity index (χ4v) is 3.13. The summed E-state index contributed by atoms with van der Waals surface area (Å²) >= 11 is 1.60. The fourth-order valence-electron chi connectivity index (χ4n) is 2.33. The van der Waals surface area contributed by atoms with Crippen molar-refractivity contribution in [3.8, 4) is 11.3 Å². The Morgan fingerprint density at radius 2 is 1.83 bits per heavy atom. The molecular weight excluding hydrogens is 323 g/mol. The summed E-state index contributed by atoms with van der Waals surface area (Å²) < 4.78 is 12.8. The minimum absolute atomic E-state index is 0.0681. The Morgan fingerprint density at radius 1 is 1.08 bits per heavy atom. The highest BCUT2D eigenvalue weighted by atomic mass is 32.1. The van der Waals surface area contributed by atoms with E-state index in [-0.39, 0.29) is 18.1 Å². The molecule has 0 saturated heterocycles. The van der Waals surface area contributed by atoms with E-state index >= 15 is 0 Å². The van der Waals surface area contributed by atoms with Crippen LogP contribution in [0.3, 0.4) is 0 Å². The maximum Gasteiger partial charge on any atom is 0.224 e.